The van der Waals surface area contributed by atoms with E-state index in [1.165, 1.54) is 5.39 Å². The summed E-state index contributed by atoms with van der Waals surface area (Å²) in [5.41, 5.74) is 11.0. The number of rotatable bonds is 7. The van der Waals surface area contributed by atoms with Crippen molar-refractivity contribution in [2.24, 2.45) is 5.73 Å². The Morgan fingerprint density at radius 2 is 1.53 bits per heavy atom. The Kier molecular flexibility index (Phi) is 6.19. The van der Waals surface area contributed by atoms with Crippen molar-refractivity contribution in [3.05, 3.63) is 120 Å². The van der Waals surface area contributed by atoms with E-state index in [9.17, 15) is 4.79 Å². The van der Waals surface area contributed by atoms with Gasteiger partial charge in [0, 0.05) is 23.9 Å². The van der Waals surface area contributed by atoms with E-state index in [4.69, 9.17) is 10.8 Å². The quantitative estimate of drug-likeness (QED) is 0.374. The summed E-state index contributed by atoms with van der Waals surface area (Å²) >= 11 is 0. The third-order valence-corrected chi connectivity index (χ3v) is 5.92. The van der Waals surface area contributed by atoms with Crippen LogP contribution in [-0.4, -0.2) is 21.7 Å². The first-order valence-electron chi connectivity index (χ1n) is 11.4. The number of fused-ring (bicyclic) bond motifs is 1. The highest BCUT2D eigenvalue weighted by Gasteiger charge is 2.17. The molecule has 0 radical (unpaired) electrons. The fourth-order valence-corrected chi connectivity index (χ4v) is 4.11. The number of hydrogen-bond donors (Lipinski definition) is 2. The molecule has 0 saturated heterocycles. The number of amides is 1. The van der Waals surface area contributed by atoms with Crippen LogP contribution in [0.15, 0.2) is 109 Å². The van der Waals surface area contributed by atoms with Gasteiger partial charge in [0.1, 0.15) is 0 Å². The molecule has 0 aliphatic rings. The molecule has 0 bridgehead atoms. The van der Waals surface area contributed by atoms with Gasteiger partial charge in [-0.25, -0.2) is 4.68 Å². The number of aromatic nitrogens is 2. The van der Waals surface area contributed by atoms with E-state index in [-0.39, 0.29) is 5.91 Å². The molecule has 4 aromatic carbocycles. The Balaban J connectivity index is 1.42. The van der Waals surface area contributed by atoms with Crippen molar-refractivity contribution in [3.63, 3.8) is 0 Å². The van der Waals surface area contributed by atoms with Gasteiger partial charge < -0.3 is 11.1 Å². The molecule has 5 rings (SSSR count). The summed E-state index contributed by atoms with van der Waals surface area (Å²) in [7, 11) is 0. The van der Waals surface area contributed by atoms with Gasteiger partial charge >= 0.3 is 0 Å². The van der Waals surface area contributed by atoms with Gasteiger partial charge in [0.2, 0.25) is 5.91 Å². The van der Waals surface area contributed by atoms with Crippen LogP contribution < -0.4 is 11.1 Å². The Morgan fingerprint density at radius 3 is 2.29 bits per heavy atom. The Morgan fingerprint density at radius 1 is 0.853 bits per heavy atom. The zero-order chi connectivity index (χ0) is 23.3. The van der Waals surface area contributed by atoms with E-state index in [2.05, 4.69) is 35.6 Å². The van der Waals surface area contributed by atoms with Crippen LogP contribution in [0.4, 0.5) is 0 Å². The molecule has 3 N–H and O–H groups in total. The van der Waals surface area contributed by atoms with E-state index in [0.29, 0.717) is 13.0 Å². The summed E-state index contributed by atoms with van der Waals surface area (Å²) in [6.07, 6.45) is 2.47. The predicted octanol–water partition coefficient (Wildman–Crippen LogP) is 4.88. The lowest BCUT2D eigenvalue weighted by molar-refractivity contribution is -0.122. The molecular formula is C29H26N4O. The molecule has 0 unspecified atom stereocenters. The molecular weight excluding hydrogens is 420 g/mol. The molecule has 1 amide bonds. The fourth-order valence-electron chi connectivity index (χ4n) is 4.11. The summed E-state index contributed by atoms with van der Waals surface area (Å²) < 4.78 is 1.86. The Hall–Kier alpha value is -4.22. The van der Waals surface area contributed by atoms with E-state index in [0.717, 1.165) is 33.5 Å². The maximum absolute atomic E-state index is 12.8. The molecule has 0 saturated carbocycles. The summed E-state index contributed by atoms with van der Waals surface area (Å²) in [6, 6.07) is 33.7. The van der Waals surface area contributed by atoms with Crippen LogP contribution in [0.3, 0.4) is 0 Å². The summed E-state index contributed by atoms with van der Waals surface area (Å²) in [4.78, 5) is 12.8. The standard InChI is InChI=1S/C29H26N4O/c30-27(17-21-9-3-1-4-10-21)29(34)31-19-25-20-33(26-13-5-2-6-14-26)32-28(25)24-16-15-22-11-7-8-12-23(22)18-24/h1-16,18,20,27H,17,19,30H2,(H,31,34)/t27-/m1/s1. The molecule has 1 atom stereocenters. The number of carbonyl (C=O) groups excluding carboxylic acids is 1. The molecule has 5 aromatic rings. The van der Waals surface area contributed by atoms with Crippen LogP contribution in [-0.2, 0) is 17.8 Å². The Bertz CT molecular complexity index is 1410. The van der Waals surface area contributed by atoms with Gasteiger partial charge in [-0.3, -0.25) is 4.79 Å². The van der Waals surface area contributed by atoms with E-state index in [1.54, 1.807) is 0 Å². The molecule has 5 nitrogen and oxygen atoms in total. The van der Waals surface area contributed by atoms with Crippen LogP contribution in [0, 0.1) is 0 Å². The van der Waals surface area contributed by atoms with Crippen molar-refractivity contribution in [1.82, 2.24) is 15.1 Å². The average molecular weight is 447 g/mol. The van der Waals surface area contributed by atoms with Gasteiger partial charge in [-0.1, -0.05) is 84.9 Å². The molecule has 0 aliphatic carbocycles. The van der Waals surface area contributed by atoms with Crippen LogP contribution in [0.2, 0.25) is 0 Å². The number of hydrogen-bond acceptors (Lipinski definition) is 3. The molecule has 0 spiro atoms. The highest BCUT2D eigenvalue weighted by Crippen LogP contribution is 2.27. The normalized spacial score (nSPS) is 11.9. The Labute approximate surface area is 198 Å². The minimum absolute atomic E-state index is 0.180. The largest absolute Gasteiger partial charge is 0.351 e. The van der Waals surface area contributed by atoms with Crippen molar-refractivity contribution < 1.29 is 4.79 Å². The molecule has 1 heterocycles. The third kappa shape index (κ3) is 4.75. The van der Waals surface area contributed by atoms with Gasteiger partial charge in [-0.2, -0.15) is 5.10 Å². The van der Waals surface area contributed by atoms with Gasteiger partial charge in [0.15, 0.2) is 0 Å². The topological polar surface area (TPSA) is 72.9 Å². The van der Waals surface area contributed by atoms with Gasteiger partial charge in [-0.15, -0.1) is 0 Å². The molecule has 0 fully saturated rings. The lowest BCUT2D eigenvalue weighted by Crippen LogP contribution is -2.41. The molecule has 0 aliphatic heterocycles. The van der Waals surface area contributed by atoms with Crippen molar-refractivity contribution in [3.8, 4) is 16.9 Å². The van der Waals surface area contributed by atoms with Crippen LogP contribution in [0.25, 0.3) is 27.7 Å². The van der Waals surface area contributed by atoms with Crippen LogP contribution in [0.1, 0.15) is 11.1 Å². The van der Waals surface area contributed by atoms with Gasteiger partial charge in [0.25, 0.3) is 0 Å². The number of para-hydroxylation sites is 1. The smallest absolute Gasteiger partial charge is 0.237 e. The summed E-state index contributed by atoms with van der Waals surface area (Å²) in [5.74, 6) is -0.180. The van der Waals surface area contributed by atoms with Gasteiger partial charge in [-0.05, 0) is 41.0 Å². The van der Waals surface area contributed by atoms with E-state index >= 15 is 0 Å². The summed E-state index contributed by atoms with van der Waals surface area (Å²) in [5, 5.41) is 10.2. The first-order valence-corrected chi connectivity index (χ1v) is 11.4. The predicted molar refractivity (Wildman–Crippen MR) is 136 cm³/mol. The lowest BCUT2D eigenvalue weighted by atomic mass is 10.0. The van der Waals surface area contributed by atoms with E-state index in [1.807, 2.05) is 83.7 Å². The molecule has 1 aromatic heterocycles. The van der Waals surface area contributed by atoms with Crippen molar-refractivity contribution in [1.29, 1.82) is 0 Å². The number of carbonyl (C=O) groups is 1. The second kappa shape index (κ2) is 9.73. The first kappa shape index (κ1) is 21.6. The van der Waals surface area contributed by atoms with Gasteiger partial charge in [0.05, 0.1) is 17.4 Å². The fraction of sp³-hybridized carbons (Fsp3) is 0.103. The monoisotopic (exact) mass is 446 g/mol. The van der Waals surface area contributed by atoms with Crippen molar-refractivity contribution in [2.45, 2.75) is 19.0 Å². The molecule has 168 valence electrons. The maximum Gasteiger partial charge on any atom is 0.237 e. The first-order chi connectivity index (χ1) is 16.7. The van der Waals surface area contributed by atoms with Crippen molar-refractivity contribution >= 4 is 16.7 Å². The third-order valence-electron chi connectivity index (χ3n) is 5.92. The minimum atomic E-state index is -0.615. The lowest BCUT2D eigenvalue weighted by Gasteiger charge is -2.12. The van der Waals surface area contributed by atoms with Crippen LogP contribution >= 0.6 is 0 Å². The average Bonchev–Trinajstić information content (AvgIpc) is 3.32. The minimum Gasteiger partial charge on any atom is -0.351 e. The van der Waals surface area contributed by atoms with Crippen molar-refractivity contribution in [2.75, 3.05) is 0 Å². The highest BCUT2D eigenvalue weighted by atomic mass is 16.2. The zero-order valence-electron chi connectivity index (χ0n) is 18.8. The second-order valence-electron chi connectivity index (χ2n) is 8.36. The SMILES string of the molecule is N[C@H](Cc1ccccc1)C(=O)NCc1cn(-c2ccccc2)nc1-c1ccc2ccccc2c1. The van der Waals surface area contributed by atoms with E-state index < -0.39 is 6.04 Å². The number of nitrogens with one attached hydrogen (secondary N) is 1. The zero-order valence-corrected chi connectivity index (χ0v) is 18.8. The second-order valence-corrected chi connectivity index (χ2v) is 8.36. The maximum atomic E-state index is 12.8. The number of benzene rings is 4. The highest BCUT2D eigenvalue weighted by molar-refractivity contribution is 5.87. The number of nitrogens with two attached hydrogens (primary N) is 1. The molecule has 34 heavy (non-hydrogen) atoms. The van der Waals surface area contributed by atoms with Crippen LogP contribution in [0.5, 0.6) is 0 Å². The number of nitrogens with zero attached hydrogens (tertiary/aromatic N) is 2. The molecule has 5 heteroatoms. The summed E-state index contributed by atoms with van der Waals surface area (Å²) in [6.45, 7) is 0.344.